The Hall–Kier alpha value is -5.05. The van der Waals surface area contributed by atoms with Gasteiger partial charge in [-0.05, 0) is 0 Å². The van der Waals surface area contributed by atoms with Crippen molar-refractivity contribution in [3.8, 4) is 45.6 Å². The van der Waals surface area contributed by atoms with E-state index in [2.05, 4.69) is 9.97 Å². The van der Waals surface area contributed by atoms with Gasteiger partial charge in [-0.25, -0.2) is 0 Å². The van der Waals surface area contributed by atoms with Gasteiger partial charge >= 0.3 is 214 Å². The van der Waals surface area contributed by atoms with Crippen molar-refractivity contribution in [1.82, 2.24) is 39.9 Å². The van der Waals surface area contributed by atoms with Gasteiger partial charge in [0.1, 0.15) is 0 Å². The number of hydrogen-bond acceptors (Lipinski definition) is 7. The van der Waals surface area contributed by atoms with E-state index in [1.165, 1.54) is 0 Å². The van der Waals surface area contributed by atoms with Gasteiger partial charge < -0.3 is 0 Å². The van der Waals surface area contributed by atoms with Crippen LogP contribution in [0.4, 0.5) is 0 Å². The van der Waals surface area contributed by atoms with Gasteiger partial charge in [0.05, 0.1) is 0 Å². The Morgan fingerprint density at radius 3 is 1.56 bits per heavy atom. The van der Waals surface area contributed by atoms with Crippen LogP contribution in [0.3, 0.4) is 0 Å². The third kappa shape index (κ3) is 4.04. The summed E-state index contributed by atoms with van der Waals surface area (Å²) >= 11 is 0.870. The summed E-state index contributed by atoms with van der Waals surface area (Å²) < 4.78 is 0.805. The van der Waals surface area contributed by atoms with Crippen LogP contribution in [0.5, 0.6) is 0 Å². The fourth-order valence-electron chi connectivity index (χ4n) is 5.20. The molecule has 0 saturated heterocycles. The van der Waals surface area contributed by atoms with E-state index in [9.17, 15) is 0 Å². The van der Waals surface area contributed by atoms with Crippen LogP contribution in [0.2, 0.25) is 0 Å². The number of benzene rings is 3. The van der Waals surface area contributed by atoms with E-state index >= 15 is 0 Å². The first-order valence-corrected chi connectivity index (χ1v) is 14.5. The zero-order chi connectivity index (χ0) is 27.5. The first-order valence-electron chi connectivity index (χ1n) is 13.0. The van der Waals surface area contributed by atoms with Crippen LogP contribution in [-0.2, 0) is 17.9 Å². The molecule has 0 aliphatic carbocycles. The minimum atomic E-state index is 0.566. The standard InChI is InChI=1S/C31H19N9.Zn/c32-15-7-8-17-16-24-33-25(17)35-27-20-11-3-4-12-21(20)29(37-27)39-31-23-14-6-5-13-22(23)30(40-31)38-28-19-10-2-1-9-18(19)26(34-24)36-28;/h1-14,16H,32H2,(H2,33,34,35,36,37,38,39,40);/b8-7-;. The Kier molecular flexibility index (Phi) is 5.38. The molecule has 190 valence electrons. The fourth-order valence-corrected chi connectivity index (χ4v) is 5.45. The molecule has 3 aromatic heterocycles. The first kappa shape index (κ1) is 23.8. The average molecular weight is 583 g/mol. The minimum absolute atomic E-state index is 0.566. The molecule has 0 atom stereocenters. The van der Waals surface area contributed by atoms with Crippen LogP contribution < -0.4 is 5.73 Å². The van der Waals surface area contributed by atoms with Crippen LogP contribution in [-0.4, -0.2) is 44.1 Å². The Morgan fingerprint density at radius 1 is 0.585 bits per heavy atom. The van der Waals surface area contributed by atoms with Gasteiger partial charge in [-0.1, -0.05) is 24.3 Å². The molecule has 8 bridgehead atoms. The zero-order valence-corrected chi connectivity index (χ0v) is 24.6. The normalized spacial score (nSPS) is 12.1. The number of nitrogens with two attached hydrogens (primary N) is 1. The van der Waals surface area contributed by atoms with Crippen LogP contribution in [0.15, 0.2) is 84.9 Å². The second kappa shape index (κ2) is 9.26. The predicted molar refractivity (Wildman–Crippen MR) is 157 cm³/mol. The van der Waals surface area contributed by atoms with E-state index in [4.69, 9.17) is 35.6 Å². The molecule has 2 aliphatic rings. The van der Waals surface area contributed by atoms with Gasteiger partial charge in [-0.15, -0.1) is 0 Å². The molecule has 5 heterocycles. The maximum atomic E-state index is 6.00. The van der Waals surface area contributed by atoms with Gasteiger partial charge in [0.25, 0.3) is 0 Å². The Balaban J connectivity index is 1.55. The van der Waals surface area contributed by atoms with Gasteiger partial charge in [0.2, 0.25) is 0 Å². The first-order chi connectivity index (χ1) is 20.1. The summed E-state index contributed by atoms with van der Waals surface area (Å²) in [6.07, 6.45) is 3.84. The fraction of sp³-hybridized carbons (Fsp3) is 0. The predicted octanol–water partition coefficient (Wildman–Crippen LogP) is 5.36. The maximum absolute atomic E-state index is 6.00. The number of H-pyrrole nitrogens is 2. The van der Waals surface area contributed by atoms with Crippen molar-refractivity contribution >= 4 is 43.7 Å². The molecule has 0 amide bonds. The average Bonchev–Trinajstić information content (AvgIpc) is 3.72. The van der Waals surface area contributed by atoms with Gasteiger partial charge in [-0.3, -0.25) is 0 Å². The molecule has 8 rings (SSSR count). The number of aromatic nitrogens is 8. The molecular formula is C31H19N9Zn. The van der Waals surface area contributed by atoms with Crippen LogP contribution >= 0.6 is 0 Å². The Bertz CT molecular complexity index is 2260. The number of aromatic amines is 2. The summed E-state index contributed by atoms with van der Waals surface area (Å²) in [5.41, 5.74) is 13.1. The summed E-state index contributed by atoms with van der Waals surface area (Å²) in [7, 11) is 0. The topological polar surface area (TPSA) is 135 Å². The molecule has 2 aliphatic heterocycles. The van der Waals surface area contributed by atoms with E-state index in [0.29, 0.717) is 45.9 Å². The number of nitrogens with zero attached hydrogens (tertiary/aromatic N) is 6. The zero-order valence-electron chi connectivity index (χ0n) is 21.6. The summed E-state index contributed by atoms with van der Waals surface area (Å²) in [6.45, 7) is 0. The second-order valence-corrected chi connectivity index (χ2v) is 11.5. The number of rotatable bonds is 2. The third-order valence-electron chi connectivity index (χ3n) is 7.08. The SMILES string of the molecule is N[C](=[Zn])/C=C\c1cc2nc3nc(nc4[nH]c(nc5nc(nc1[nH]2)-c1ccccc1-5)c1ccccc41)-c1ccccc1-3. The molecule has 0 radical (unpaired) electrons. The number of hydrogen-bond donors (Lipinski definition) is 3. The summed E-state index contributed by atoms with van der Waals surface area (Å²) in [4.78, 5) is 36.4. The van der Waals surface area contributed by atoms with Crippen LogP contribution in [0.1, 0.15) is 5.56 Å². The quantitative estimate of drug-likeness (QED) is 0.233. The van der Waals surface area contributed by atoms with E-state index in [0.717, 1.165) is 60.7 Å². The molecule has 0 spiro atoms. The Morgan fingerprint density at radius 2 is 1.05 bits per heavy atom. The molecule has 4 N–H and O–H groups in total. The van der Waals surface area contributed by atoms with E-state index < -0.39 is 0 Å². The van der Waals surface area contributed by atoms with Gasteiger partial charge in [0, 0.05) is 5.39 Å². The van der Waals surface area contributed by atoms with E-state index in [1.54, 1.807) is 0 Å². The molecular weight excluding hydrogens is 564 g/mol. The summed E-state index contributed by atoms with van der Waals surface area (Å²) in [5.74, 6) is 2.30. The Labute approximate surface area is 242 Å². The molecule has 10 heteroatoms. The molecule has 6 aromatic rings. The van der Waals surface area contributed by atoms with Crippen LogP contribution in [0.25, 0.3) is 85.0 Å². The summed E-state index contributed by atoms with van der Waals surface area (Å²) in [6, 6.07) is 26.0. The van der Waals surface area contributed by atoms with Crippen molar-refractivity contribution in [2.45, 2.75) is 0 Å². The van der Waals surface area contributed by atoms with Gasteiger partial charge in [-0.2, -0.15) is 0 Å². The number of nitrogens with one attached hydrogen (secondary N) is 2. The monoisotopic (exact) mass is 581 g/mol. The molecule has 3 aromatic carbocycles. The summed E-state index contributed by atoms with van der Waals surface area (Å²) in [5, 5.41) is 1.89. The van der Waals surface area contributed by atoms with E-state index in [-0.39, 0.29) is 0 Å². The second-order valence-electron chi connectivity index (χ2n) is 9.79. The van der Waals surface area contributed by atoms with Crippen molar-refractivity contribution < 1.29 is 17.9 Å². The van der Waals surface area contributed by atoms with E-state index in [1.807, 2.05) is 91.0 Å². The van der Waals surface area contributed by atoms with Gasteiger partial charge in [0.15, 0.2) is 0 Å². The van der Waals surface area contributed by atoms with Crippen molar-refractivity contribution in [3.63, 3.8) is 0 Å². The van der Waals surface area contributed by atoms with Crippen molar-refractivity contribution in [2.24, 2.45) is 5.73 Å². The van der Waals surface area contributed by atoms with Crippen LogP contribution in [0, 0.1) is 0 Å². The molecule has 0 unspecified atom stereocenters. The van der Waals surface area contributed by atoms with Crippen molar-refractivity contribution in [3.05, 3.63) is 90.5 Å². The molecule has 0 fully saturated rings. The molecule has 41 heavy (non-hydrogen) atoms. The number of fused-ring (bicyclic) bond motifs is 17. The molecule has 0 saturated carbocycles. The third-order valence-corrected chi connectivity index (χ3v) is 7.58. The van der Waals surface area contributed by atoms with Crippen molar-refractivity contribution in [2.75, 3.05) is 0 Å². The van der Waals surface area contributed by atoms with Crippen molar-refractivity contribution in [1.29, 1.82) is 0 Å². The molecule has 9 nitrogen and oxygen atoms in total.